The van der Waals surface area contributed by atoms with E-state index in [4.69, 9.17) is 4.74 Å². The smallest absolute Gasteiger partial charge is 0.309 e. The molecule has 20 heavy (non-hydrogen) atoms. The Morgan fingerprint density at radius 1 is 1.25 bits per heavy atom. The summed E-state index contributed by atoms with van der Waals surface area (Å²) in [6.45, 7) is 3.74. The zero-order chi connectivity index (χ0) is 14.5. The third-order valence-corrected chi connectivity index (χ3v) is 3.91. The second-order valence-corrected chi connectivity index (χ2v) is 5.38. The molecule has 0 unspecified atom stereocenters. The molecule has 0 atom stereocenters. The minimum atomic E-state index is -0.287. The molecule has 1 aliphatic carbocycles. The van der Waals surface area contributed by atoms with Crippen molar-refractivity contribution in [3.63, 3.8) is 0 Å². The van der Waals surface area contributed by atoms with E-state index in [2.05, 4.69) is 5.32 Å². The van der Waals surface area contributed by atoms with E-state index in [0.29, 0.717) is 0 Å². The summed E-state index contributed by atoms with van der Waals surface area (Å²) in [6, 6.07) is 5.73. The summed E-state index contributed by atoms with van der Waals surface area (Å²) in [5.41, 5.74) is 2.92. The lowest BCUT2D eigenvalue weighted by Gasteiger charge is -2.12. The van der Waals surface area contributed by atoms with Crippen LogP contribution >= 0.6 is 0 Å². The van der Waals surface area contributed by atoms with Crippen LogP contribution in [0.4, 0.5) is 5.69 Å². The van der Waals surface area contributed by atoms with Gasteiger partial charge in [0.1, 0.15) is 0 Å². The van der Waals surface area contributed by atoms with Crippen LogP contribution in [-0.4, -0.2) is 18.5 Å². The molecule has 0 radical (unpaired) electrons. The zero-order valence-corrected chi connectivity index (χ0v) is 12.1. The minimum Gasteiger partial charge on any atom is -0.455 e. The van der Waals surface area contributed by atoms with Crippen molar-refractivity contribution in [3.8, 4) is 0 Å². The Morgan fingerprint density at radius 3 is 2.65 bits per heavy atom. The van der Waals surface area contributed by atoms with Crippen LogP contribution in [0, 0.1) is 19.8 Å². The van der Waals surface area contributed by atoms with E-state index in [1.54, 1.807) is 0 Å². The molecule has 108 valence electrons. The van der Waals surface area contributed by atoms with E-state index in [-0.39, 0.29) is 24.4 Å². The first-order chi connectivity index (χ1) is 9.58. The van der Waals surface area contributed by atoms with Crippen molar-refractivity contribution in [1.82, 2.24) is 0 Å². The topological polar surface area (TPSA) is 55.4 Å². The average Bonchev–Trinajstić information content (AvgIpc) is 2.95. The third-order valence-electron chi connectivity index (χ3n) is 3.91. The van der Waals surface area contributed by atoms with E-state index >= 15 is 0 Å². The van der Waals surface area contributed by atoms with Gasteiger partial charge < -0.3 is 10.1 Å². The van der Waals surface area contributed by atoms with Crippen LogP contribution in [0.25, 0.3) is 0 Å². The van der Waals surface area contributed by atoms with Gasteiger partial charge in [0.15, 0.2) is 6.61 Å². The van der Waals surface area contributed by atoms with Crippen LogP contribution in [0.2, 0.25) is 0 Å². The van der Waals surface area contributed by atoms with Crippen LogP contribution < -0.4 is 5.32 Å². The van der Waals surface area contributed by atoms with Crippen LogP contribution in [0.1, 0.15) is 36.8 Å². The molecular weight excluding hydrogens is 254 g/mol. The van der Waals surface area contributed by atoms with Gasteiger partial charge in [-0.15, -0.1) is 0 Å². The lowest BCUT2D eigenvalue weighted by molar-refractivity contribution is -0.151. The Bertz CT molecular complexity index is 504. The number of esters is 1. The van der Waals surface area contributed by atoms with Crippen molar-refractivity contribution in [1.29, 1.82) is 0 Å². The Hall–Kier alpha value is -1.84. The van der Waals surface area contributed by atoms with Crippen molar-refractivity contribution in [2.45, 2.75) is 39.5 Å². The predicted octanol–water partition coefficient (Wildman–Crippen LogP) is 2.98. The summed E-state index contributed by atoms with van der Waals surface area (Å²) in [5, 5.41) is 2.78. The van der Waals surface area contributed by atoms with Gasteiger partial charge in [-0.1, -0.05) is 25.0 Å². The van der Waals surface area contributed by atoms with E-state index in [1.807, 2.05) is 32.0 Å². The number of benzene rings is 1. The number of nitrogens with one attached hydrogen (secondary N) is 1. The molecule has 4 heteroatoms. The lowest BCUT2D eigenvalue weighted by Crippen LogP contribution is -2.24. The molecular formula is C16H21NO3. The Kier molecular flexibility index (Phi) is 4.77. The standard InChI is InChI=1S/C16H21NO3/c1-11-6-5-9-14(12(11)2)17-15(18)10-20-16(19)13-7-3-4-8-13/h5-6,9,13H,3-4,7-8,10H2,1-2H3,(H,17,18). The molecule has 1 amide bonds. The highest BCUT2D eigenvalue weighted by atomic mass is 16.5. The number of carbonyl (C=O) groups excluding carboxylic acids is 2. The molecule has 0 spiro atoms. The minimum absolute atomic E-state index is 0.0106. The summed E-state index contributed by atoms with van der Waals surface area (Å²) in [5.74, 6) is -0.535. The van der Waals surface area contributed by atoms with Crippen molar-refractivity contribution < 1.29 is 14.3 Å². The Balaban J connectivity index is 1.83. The van der Waals surface area contributed by atoms with Crippen molar-refractivity contribution in [3.05, 3.63) is 29.3 Å². The molecule has 2 rings (SSSR count). The summed E-state index contributed by atoms with van der Waals surface area (Å²) in [6.07, 6.45) is 3.93. The Morgan fingerprint density at radius 2 is 1.95 bits per heavy atom. The second-order valence-electron chi connectivity index (χ2n) is 5.38. The molecule has 4 nitrogen and oxygen atoms in total. The summed E-state index contributed by atoms with van der Waals surface area (Å²) < 4.78 is 5.08. The van der Waals surface area contributed by atoms with Crippen molar-refractivity contribution in [2.75, 3.05) is 11.9 Å². The number of anilines is 1. The lowest BCUT2D eigenvalue weighted by atomic mass is 10.1. The number of rotatable bonds is 4. The van der Waals surface area contributed by atoms with Gasteiger partial charge in [0.25, 0.3) is 5.91 Å². The largest absolute Gasteiger partial charge is 0.455 e. The maximum atomic E-state index is 11.8. The van der Waals surface area contributed by atoms with Gasteiger partial charge in [-0.2, -0.15) is 0 Å². The molecule has 0 aromatic heterocycles. The van der Waals surface area contributed by atoms with Crippen LogP contribution in [0.3, 0.4) is 0 Å². The van der Waals surface area contributed by atoms with Gasteiger partial charge in [0, 0.05) is 5.69 Å². The molecule has 1 aliphatic rings. The number of hydrogen-bond acceptors (Lipinski definition) is 3. The molecule has 1 fully saturated rings. The molecule has 1 aromatic carbocycles. The van der Waals surface area contributed by atoms with Crippen LogP contribution in [-0.2, 0) is 14.3 Å². The van der Waals surface area contributed by atoms with Gasteiger partial charge >= 0.3 is 5.97 Å². The molecule has 0 aliphatic heterocycles. The quantitative estimate of drug-likeness (QED) is 0.859. The van der Waals surface area contributed by atoms with E-state index in [9.17, 15) is 9.59 Å². The number of carbonyl (C=O) groups is 2. The number of ether oxygens (including phenoxy) is 1. The fourth-order valence-corrected chi connectivity index (χ4v) is 2.49. The normalized spacial score (nSPS) is 15.1. The van der Waals surface area contributed by atoms with Crippen molar-refractivity contribution >= 4 is 17.6 Å². The first kappa shape index (κ1) is 14.6. The first-order valence-corrected chi connectivity index (χ1v) is 7.10. The summed E-state index contributed by atoms with van der Waals surface area (Å²) in [7, 11) is 0. The highest BCUT2D eigenvalue weighted by molar-refractivity contribution is 5.93. The zero-order valence-electron chi connectivity index (χ0n) is 12.1. The third kappa shape index (κ3) is 3.59. The molecule has 0 bridgehead atoms. The average molecular weight is 275 g/mol. The fourth-order valence-electron chi connectivity index (χ4n) is 2.49. The highest BCUT2D eigenvalue weighted by Gasteiger charge is 2.24. The van der Waals surface area contributed by atoms with E-state index in [0.717, 1.165) is 42.5 Å². The number of hydrogen-bond donors (Lipinski definition) is 1. The second kappa shape index (κ2) is 6.55. The molecule has 0 heterocycles. The predicted molar refractivity (Wildman–Crippen MR) is 77.5 cm³/mol. The SMILES string of the molecule is Cc1cccc(NC(=O)COC(=O)C2CCCC2)c1C. The molecule has 1 N–H and O–H groups in total. The van der Waals surface area contributed by atoms with Gasteiger partial charge in [0.05, 0.1) is 5.92 Å². The van der Waals surface area contributed by atoms with E-state index in [1.165, 1.54) is 0 Å². The Labute approximate surface area is 119 Å². The fraction of sp³-hybridized carbons (Fsp3) is 0.500. The monoisotopic (exact) mass is 275 g/mol. The van der Waals surface area contributed by atoms with Crippen molar-refractivity contribution in [2.24, 2.45) is 5.92 Å². The van der Waals surface area contributed by atoms with Crippen LogP contribution in [0.15, 0.2) is 18.2 Å². The molecule has 0 saturated heterocycles. The molecule has 1 aromatic rings. The highest BCUT2D eigenvalue weighted by Crippen LogP contribution is 2.25. The van der Waals surface area contributed by atoms with Crippen LogP contribution in [0.5, 0.6) is 0 Å². The first-order valence-electron chi connectivity index (χ1n) is 7.10. The van der Waals surface area contributed by atoms with Gasteiger partial charge in [0.2, 0.25) is 0 Å². The van der Waals surface area contributed by atoms with Gasteiger partial charge in [-0.05, 0) is 43.9 Å². The van der Waals surface area contributed by atoms with Gasteiger partial charge in [-0.25, -0.2) is 0 Å². The summed E-state index contributed by atoms with van der Waals surface area (Å²) in [4.78, 5) is 23.5. The molecule has 1 saturated carbocycles. The maximum absolute atomic E-state index is 11.8. The number of amides is 1. The summed E-state index contributed by atoms with van der Waals surface area (Å²) >= 11 is 0. The van der Waals surface area contributed by atoms with Gasteiger partial charge in [-0.3, -0.25) is 9.59 Å². The number of aryl methyl sites for hydroxylation is 1. The maximum Gasteiger partial charge on any atom is 0.309 e. The van der Waals surface area contributed by atoms with E-state index < -0.39 is 0 Å².